The number of rotatable bonds is 6. The minimum absolute atomic E-state index is 0.250. The summed E-state index contributed by atoms with van der Waals surface area (Å²) in [6.45, 7) is 1.69. The van der Waals surface area contributed by atoms with Crippen LogP contribution in [0.2, 0.25) is 0 Å². The number of likely N-dealkylation sites (tertiary alicyclic amines) is 1. The minimum Gasteiger partial charge on any atom is -0.508 e. The van der Waals surface area contributed by atoms with E-state index in [2.05, 4.69) is 4.90 Å². The molecule has 1 saturated carbocycles. The van der Waals surface area contributed by atoms with Crippen molar-refractivity contribution in [2.45, 2.75) is 38.2 Å². The Morgan fingerprint density at radius 1 is 1.23 bits per heavy atom. The molecular weight excluding hydrogens is 338 g/mol. The molecule has 1 aromatic rings. The predicted octanol–water partition coefficient (Wildman–Crippen LogP) is 1.57. The van der Waals surface area contributed by atoms with E-state index in [1.54, 1.807) is 12.1 Å². The number of hydrogen-bond acceptors (Lipinski definition) is 5. The number of carbonyl (C=O) groups is 2. The quantitative estimate of drug-likeness (QED) is 0.565. The van der Waals surface area contributed by atoms with Gasteiger partial charge in [0, 0.05) is 19.6 Å². The first-order chi connectivity index (χ1) is 12.4. The van der Waals surface area contributed by atoms with Crippen molar-refractivity contribution in [3.05, 3.63) is 29.8 Å². The summed E-state index contributed by atoms with van der Waals surface area (Å²) in [6.07, 6.45) is 3.37. The van der Waals surface area contributed by atoms with E-state index < -0.39 is 17.5 Å². The summed E-state index contributed by atoms with van der Waals surface area (Å²) in [5.41, 5.74) is 0.117. The number of phenols is 1. The second kappa shape index (κ2) is 9.00. The first kappa shape index (κ1) is 20.2. The standard InChI is InChI=1S/C18H25NO4.CH2O2/c20-15-5-3-13(4-6-15)7-9-19-10-8-16(21)18(12-19,17(22)23)11-14-1-2-14;2-1-3/h3-6,14,16,20-21H,1-2,7-12H2,(H,22,23);1H,(H,2,3)/t16-,18-;/m0./s1. The fourth-order valence-corrected chi connectivity index (χ4v) is 3.64. The summed E-state index contributed by atoms with van der Waals surface area (Å²) in [6, 6.07) is 7.12. The average molecular weight is 365 g/mol. The number of hydrogen-bond donors (Lipinski definition) is 4. The number of carboxylic acids is 1. The lowest BCUT2D eigenvalue weighted by atomic mass is 9.73. The van der Waals surface area contributed by atoms with E-state index in [1.807, 2.05) is 12.1 Å². The van der Waals surface area contributed by atoms with Crippen molar-refractivity contribution < 1.29 is 30.0 Å². The van der Waals surface area contributed by atoms with Crippen LogP contribution in [0.25, 0.3) is 0 Å². The maximum absolute atomic E-state index is 11.9. The van der Waals surface area contributed by atoms with Crippen LogP contribution in [0.15, 0.2) is 24.3 Å². The first-order valence-corrected chi connectivity index (χ1v) is 8.91. The third-order valence-electron chi connectivity index (χ3n) is 5.29. The van der Waals surface area contributed by atoms with Gasteiger partial charge in [-0.05, 0) is 42.9 Å². The zero-order valence-electron chi connectivity index (χ0n) is 14.8. The third kappa shape index (κ3) is 5.19. The topological polar surface area (TPSA) is 118 Å². The summed E-state index contributed by atoms with van der Waals surface area (Å²) in [7, 11) is 0. The third-order valence-corrected chi connectivity index (χ3v) is 5.29. The minimum atomic E-state index is -1.01. The summed E-state index contributed by atoms with van der Waals surface area (Å²) in [5.74, 6) is -0.131. The van der Waals surface area contributed by atoms with Crippen LogP contribution in [0, 0.1) is 11.3 Å². The van der Waals surface area contributed by atoms with E-state index >= 15 is 0 Å². The van der Waals surface area contributed by atoms with Gasteiger partial charge in [-0.25, -0.2) is 0 Å². The molecule has 4 N–H and O–H groups in total. The van der Waals surface area contributed by atoms with Gasteiger partial charge >= 0.3 is 5.97 Å². The normalized spacial score (nSPS) is 25.8. The second-order valence-corrected chi connectivity index (χ2v) is 7.21. The lowest BCUT2D eigenvalue weighted by Gasteiger charge is -2.43. The number of aromatic hydroxyl groups is 1. The molecule has 0 bridgehead atoms. The molecule has 0 radical (unpaired) electrons. The molecule has 1 saturated heterocycles. The van der Waals surface area contributed by atoms with Gasteiger partial charge in [-0.1, -0.05) is 25.0 Å². The number of aliphatic hydroxyl groups excluding tert-OH is 1. The highest BCUT2D eigenvalue weighted by Crippen LogP contribution is 2.45. The van der Waals surface area contributed by atoms with Crippen LogP contribution >= 0.6 is 0 Å². The maximum atomic E-state index is 11.9. The van der Waals surface area contributed by atoms with Crippen molar-refractivity contribution in [3.63, 3.8) is 0 Å². The van der Waals surface area contributed by atoms with Crippen molar-refractivity contribution in [3.8, 4) is 5.75 Å². The fraction of sp³-hybridized carbons (Fsp3) is 0.579. The highest BCUT2D eigenvalue weighted by molar-refractivity contribution is 5.76. The van der Waals surface area contributed by atoms with Crippen LogP contribution in [-0.2, 0) is 16.0 Å². The van der Waals surface area contributed by atoms with E-state index in [1.165, 1.54) is 0 Å². The summed E-state index contributed by atoms with van der Waals surface area (Å²) in [4.78, 5) is 22.4. The molecule has 26 heavy (non-hydrogen) atoms. The SMILES string of the molecule is O=C(O)[C@@]1(CC2CC2)CN(CCc2ccc(O)cc2)CC[C@@H]1O.O=CO. The number of carboxylic acid groups (broad SMARTS) is 2. The number of nitrogens with zero attached hydrogens (tertiary/aromatic N) is 1. The molecule has 2 fully saturated rings. The maximum Gasteiger partial charge on any atom is 0.313 e. The molecule has 0 aromatic heterocycles. The molecule has 144 valence electrons. The molecule has 7 nitrogen and oxygen atoms in total. The second-order valence-electron chi connectivity index (χ2n) is 7.21. The summed E-state index contributed by atoms with van der Waals surface area (Å²) >= 11 is 0. The van der Waals surface area contributed by atoms with Gasteiger partial charge in [-0.15, -0.1) is 0 Å². The van der Waals surface area contributed by atoms with E-state index in [9.17, 15) is 20.1 Å². The van der Waals surface area contributed by atoms with Gasteiger partial charge in [0.2, 0.25) is 0 Å². The average Bonchev–Trinajstić information content (AvgIpc) is 3.41. The monoisotopic (exact) mass is 365 g/mol. The Hall–Kier alpha value is -2.12. The highest BCUT2D eigenvalue weighted by Gasteiger charge is 2.51. The van der Waals surface area contributed by atoms with Crippen LogP contribution in [0.4, 0.5) is 0 Å². The Labute approximate surface area is 152 Å². The van der Waals surface area contributed by atoms with Gasteiger partial charge in [0.1, 0.15) is 11.2 Å². The molecule has 1 heterocycles. The first-order valence-electron chi connectivity index (χ1n) is 8.91. The smallest absolute Gasteiger partial charge is 0.313 e. The van der Waals surface area contributed by atoms with Crippen molar-refractivity contribution in [1.82, 2.24) is 4.90 Å². The number of piperidine rings is 1. The molecule has 1 aromatic carbocycles. The van der Waals surface area contributed by atoms with Crippen molar-refractivity contribution in [2.24, 2.45) is 11.3 Å². The molecule has 0 unspecified atom stereocenters. The molecule has 3 rings (SSSR count). The fourth-order valence-electron chi connectivity index (χ4n) is 3.64. The van der Waals surface area contributed by atoms with Gasteiger partial charge in [0.25, 0.3) is 6.47 Å². The molecule has 1 aliphatic carbocycles. The molecule has 1 aliphatic heterocycles. The number of benzene rings is 1. The molecule has 0 amide bonds. The summed E-state index contributed by atoms with van der Waals surface area (Å²) in [5, 5.41) is 36.3. The lowest BCUT2D eigenvalue weighted by Crippen LogP contribution is -2.56. The van der Waals surface area contributed by atoms with Gasteiger partial charge in [0.15, 0.2) is 0 Å². The zero-order valence-corrected chi connectivity index (χ0v) is 14.8. The predicted molar refractivity (Wildman–Crippen MR) is 95.0 cm³/mol. The lowest BCUT2D eigenvalue weighted by molar-refractivity contribution is -0.164. The van der Waals surface area contributed by atoms with Crippen molar-refractivity contribution in [2.75, 3.05) is 19.6 Å². The van der Waals surface area contributed by atoms with Gasteiger partial charge in [-0.3, -0.25) is 9.59 Å². The molecule has 0 spiro atoms. The van der Waals surface area contributed by atoms with Gasteiger partial charge in [0.05, 0.1) is 6.10 Å². The molecule has 7 heteroatoms. The van der Waals surface area contributed by atoms with Crippen molar-refractivity contribution >= 4 is 12.4 Å². The Balaban J connectivity index is 0.000000758. The zero-order chi connectivity index (χ0) is 19.2. The molecular formula is C19H27NO6. The Bertz CT molecular complexity index is 601. The largest absolute Gasteiger partial charge is 0.508 e. The van der Waals surface area contributed by atoms with Gasteiger partial charge < -0.3 is 25.3 Å². The van der Waals surface area contributed by atoms with E-state index in [-0.39, 0.29) is 12.2 Å². The van der Waals surface area contributed by atoms with Crippen LogP contribution in [0.5, 0.6) is 5.75 Å². The summed E-state index contributed by atoms with van der Waals surface area (Å²) < 4.78 is 0. The van der Waals surface area contributed by atoms with E-state index in [0.29, 0.717) is 25.3 Å². The van der Waals surface area contributed by atoms with Gasteiger partial charge in [-0.2, -0.15) is 0 Å². The highest BCUT2D eigenvalue weighted by atomic mass is 16.4. The van der Waals surface area contributed by atoms with E-state index in [4.69, 9.17) is 9.90 Å². The molecule has 2 aliphatic rings. The van der Waals surface area contributed by atoms with E-state index in [0.717, 1.165) is 37.9 Å². The van der Waals surface area contributed by atoms with Crippen LogP contribution in [0.3, 0.4) is 0 Å². The number of aliphatic carboxylic acids is 1. The molecule has 2 atom stereocenters. The Kier molecular flexibility index (Phi) is 6.99. The van der Waals surface area contributed by atoms with Crippen LogP contribution < -0.4 is 0 Å². The Morgan fingerprint density at radius 2 is 1.85 bits per heavy atom. The van der Waals surface area contributed by atoms with Crippen molar-refractivity contribution in [1.29, 1.82) is 0 Å². The van der Waals surface area contributed by atoms with Crippen LogP contribution in [0.1, 0.15) is 31.2 Å². The number of aliphatic hydroxyl groups is 1. The number of phenolic OH excluding ortho intramolecular Hbond substituents is 1. The Morgan fingerprint density at radius 3 is 2.38 bits per heavy atom. The van der Waals surface area contributed by atoms with Crippen LogP contribution in [-0.4, -0.2) is 63.5 Å².